The molecular formula is C14H19NO3S. The Morgan fingerprint density at radius 2 is 2.16 bits per heavy atom. The van der Waals surface area contributed by atoms with Crippen molar-refractivity contribution in [3.8, 4) is 0 Å². The van der Waals surface area contributed by atoms with E-state index in [1.54, 1.807) is 6.92 Å². The van der Waals surface area contributed by atoms with Gasteiger partial charge >= 0.3 is 5.97 Å². The van der Waals surface area contributed by atoms with E-state index in [0.29, 0.717) is 18.6 Å². The number of amides is 1. The maximum absolute atomic E-state index is 11.7. The number of carbonyl (C=O) groups is 2. The summed E-state index contributed by atoms with van der Waals surface area (Å²) in [4.78, 5) is 22.3. The van der Waals surface area contributed by atoms with E-state index in [2.05, 4.69) is 5.32 Å². The molecule has 0 heterocycles. The number of nitrogens with one attached hydrogen (secondary N) is 1. The molecule has 0 saturated carbocycles. The van der Waals surface area contributed by atoms with Gasteiger partial charge in [-0.2, -0.15) is 0 Å². The first-order valence-electron chi connectivity index (χ1n) is 6.20. The molecule has 0 bridgehead atoms. The highest BCUT2D eigenvalue weighted by atomic mass is 32.2. The molecule has 0 aromatic heterocycles. The molecule has 4 nitrogen and oxygen atoms in total. The Bertz CT molecular complexity index is 448. The summed E-state index contributed by atoms with van der Waals surface area (Å²) in [5, 5.41) is 11.1. The molecule has 104 valence electrons. The highest BCUT2D eigenvalue weighted by molar-refractivity contribution is 8.00. The molecule has 0 radical (unpaired) electrons. The lowest BCUT2D eigenvalue weighted by molar-refractivity contribution is -0.136. The first kappa shape index (κ1) is 15.6. The third kappa shape index (κ3) is 6.29. The fourth-order valence-electron chi connectivity index (χ4n) is 1.51. The van der Waals surface area contributed by atoms with Gasteiger partial charge in [-0.1, -0.05) is 12.1 Å². The molecule has 5 heteroatoms. The van der Waals surface area contributed by atoms with Crippen molar-refractivity contribution in [2.75, 3.05) is 11.1 Å². The second kappa shape index (κ2) is 7.84. The summed E-state index contributed by atoms with van der Waals surface area (Å²) in [6.45, 7) is 3.62. The van der Waals surface area contributed by atoms with Gasteiger partial charge in [0.25, 0.3) is 0 Å². The van der Waals surface area contributed by atoms with Gasteiger partial charge in [0.2, 0.25) is 5.91 Å². The highest BCUT2D eigenvalue weighted by Gasteiger charge is 2.10. The van der Waals surface area contributed by atoms with Gasteiger partial charge in [-0.05, 0) is 43.7 Å². The summed E-state index contributed by atoms with van der Waals surface area (Å²) >= 11 is 1.36. The molecule has 0 saturated heterocycles. The standard InChI is InChI=1S/C14H19NO3S/c1-10-5-3-6-12(9-10)15-13(16)7-4-8-19-11(2)14(17)18/h3,5-6,9,11H,4,7-8H2,1-2H3,(H,15,16)(H,17,18). The number of carboxylic acids is 1. The van der Waals surface area contributed by atoms with E-state index in [0.717, 1.165) is 11.3 Å². The van der Waals surface area contributed by atoms with Crippen LogP contribution < -0.4 is 5.32 Å². The molecular weight excluding hydrogens is 262 g/mol. The van der Waals surface area contributed by atoms with Gasteiger partial charge in [-0.15, -0.1) is 11.8 Å². The number of aryl methyl sites for hydroxylation is 1. The van der Waals surface area contributed by atoms with Crippen LogP contribution >= 0.6 is 11.8 Å². The fourth-order valence-corrected chi connectivity index (χ4v) is 2.32. The summed E-state index contributed by atoms with van der Waals surface area (Å²) in [6, 6.07) is 7.64. The van der Waals surface area contributed by atoms with Crippen LogP contribution in [-0.2, 0) is 9.59 Å². The van der Waals surface area contributed by atoms with Crippen LogP contribution in [0, 0.1) is 6.92 Å². The van der Waals surface area contributed by atoms with Crippen LogP contribution in [0.25, 0.3) is 0 Å². The lowest BCUT2D eigenvalue weighted by atomic mass is 10.2. The number of rotatable bonds is 7. The van der Waals surface area contributed by atoms with Crippen molar-refractivity contribution in [1.82, 2.24) is 0 Å². The number of thioether (sulfide) groups is 1. The molecule has 19 heavy (non-hydrogen) atoms. The van der Waals surface area contributed by atoms with Gasteiger partial charge in [-0.3, -0.25) is 9.59 Å². The number of carbonyl (C=O) groups excluding carboxylic acids is 1. The van der Waals surface area contributed by atoms with Gasteiger partial charge in [0.05, 0.1) is 5.25 Å². The summed E-state index contributed by atoms with van der Waals surface area (Å²) < 4.78 is 0. The molecule has 1 amide bonds. The average molecular weight is 281 g/mol. The van der Waals surface area contributed by atoms with Crippen molar-refractivity contribution in [2.24, 2.45) is 0 Å². The smallest absolute Gasteiger partial charge is 0.316 e. The van der Waals surface area contributed by atoms with E-state index in [9.17, 15) is 9.59 Å². The van der Waals surface area contributed by atoms with Crippen LogP contribution in [-0.4, -0.2) is 28.0 Å². The lowest BCUT2D eigenvalue weighted by Crippen LogP contribution is -2.14. The molecule has 1 aromatic rings. The van der Waals surface area contributed by atoms with Crippen LogP contribution in [0.3, 0.4) is 0 Å². The molecule has 0 aliphatic carbocycles. The van der Waals surface area contributed by atoms with E-state index in [1.165, 1.54) is 11.8 Å². The quantitative estimate of drug-likeness (QED) is 0.754. The van der Waals surface area contributed by atoms with Crippen molar-refractivity contribution in [2.45, 2.75) is 31.9 Å². The predicted molar refractivity (Wildman–Crippen MR) is 78.6 cm³/mol. The molecule has 0 aliphatic heterocycles. The Hall–Kier alpha value is -1.49. The molecule has 1 unspecified atom stereocenters. The summed E-state index contributed by atoms with van der Waals surface area (Å²) in [5.41, 5.74) is 1.90. The minimum Gasteiger partial charge on any atom is -0.480 e. The van der Waals surface area contributed by atoms with Gasteiger partial charge < -0.3 is 10.4 Å². The van der Waals surface area contributed by atoms with Gasteiger partial charge in [0.1, 0.15) is 0 Å². The number of benzene rings is 1. The molecule has 0 aliphatic rings. The molecule has 1 aromatic carbocycles. The normalized spacial score (nSPS) is 11.9. The van der Waals surface area contributed by atoms with E-state index < -0.39 is 11.2 Å². The maximum atomic E-state index is 11.7. The van der Waals surface area contributed by atoms with Crippen LogP contribution in [0.15, 0.2) is 24.3 Å². The Morgan fingerprint density at radius 1 is 1.42 bits per heavy atom. The number of hydrogen-bond donors (Lipinski definition) is 2. The molecule has 1 atom stereocenters. The minimum atomic E-state index is -0.811. The first-order valence-corrected chi connectivity index (χ1v) is 7.25. The van der Waals surface area contributed by atoms with E-state index in [1.807, 2.05) is 31.2 Å². The fraction of sp³-hybridized carbons (Fsp3) is 0.429. The summed E-state index contributed by atoms with van der Waals surface area (Å²) in [7, 11) is 0. The topological polar surface area (TPSA) is 66.4 Å². The average Bonchev–Trinajstić information content (AvgIpc) is 2.34. The lowest BCUT2D eigenvalue weighted by Gasteiger charge is -2.07. The predicted octanol–water partition coefficient (Wildman–Crippen LogP) is 2.92. The zero-order valence-corrected chi connectivity index (χ0v) is 12.0. The summed E-state index contributed by atoms with van der Waals surface area (Å²) in [5.74, 6) is -0.169. The third-order valence-corrected chi connectivity index (χ3v) is 3.79. The SMILES string of the molecule is Cc1cccc(NC(=O)CCCSC(C)C(=O)O)c1. The van der Waals surface area contributed by atoms with Crippen molar-refractivity contribution in [3.63, 3.8) is 0 Å². The van der Waals surface area contributed by atoms with Crippen molar-refractivity contribution < 1.29 is 14.7 Å². The number of anilines is 1. The van der Waals surface area contributed by atoms with Gasteiger partial charge in [0.15, 0.2) is 0 Å². The van der Waals surface area contributed by atoms with Crippen LogP contribution in [0.5, 0.6) is 0 Å². The largest absolute Gasteiger partial charge is 0.480 e. The number of carboxylic acid groups (broad SMARTS) is 1. The first-order chi connectivity index (χ1) is 8.99. The molecule has 2 N–H and O–H groups in total. The zero-order chi connectivity index (χ0) is 14.3. The maximum Gasteiger partial charge on any atom is 0.316 e. The number of aliphatic carboxylic acids is 1. The van der Waals surface area contributed by atoms with Gasteiger partial charge in [-0.25, -0.2) is 0 Å². The van der Waals surface area contributed by atoms with Crippen molar-refractivity contribution in [1.29, 1.82) is 0 Å². The van der Waals surface area contributed by atoms with Crippen molar-refractivity contribution in [3.05, 3.63) is 29.8 Å². The van der Waals surface area contributed by atoms with E-state index in [4.69, 9.17) is 5.11 Å². The molecule has 0 fully saturated rings. The second-order valence-electron chi connectivity index (χ2n) is 4.37. The van der Waals surface area contributed by atoms with Crippen LogP contribution in [0.1, 0.15) is 25.3 Å². The molecule has 1 rings (SSSR count). The Morgan fingerprint density at radius 3 is 2.79 bits per heavy atom. The van der Waals surface area contributed by atoms with Crippen LogP contribution in [0.4, 0.5) is 5.69 Å². The minimum absolute atomic E-state index is 0.0332. The van der Waals surface area contributed by atoms with Gasteiger partial charge in [0, 0.05) is 12.1 Å². The zero-order valence-electron chi connectivity index (χ0n) is 11.2. The van der Waals surface area contributed by atoms with E-state index >= 15 is 0 Å². The Balaban J connectivity index is 2.23. The molecule has 0 spiro atoms. The van der Waals surface area contributed by atoms with Crippen molar-refractivity contribution >= 4 is 29.3 Å². The monoisotopic (exact) mass is 281 g/mol. The Labute approximate surface area is 117 Å². The second-order valence-corrected chi connectivity index (χ2v) is 5.82. The van der Waals surface area contributed by atoms with Crippen LogP contribution in [0.2, 0.25) is 0 Å². The summed E-state index contributed by atoms with van der Waals surface area (Å²) in [6.07, 6.45) is 1.09. The number of hydrogen-bond acceptors (Lipinski definition) is 3. The third-order valence-electron chi connectivity index (χ3n) is 2.57. The Kier molecular flexibility index (Phi) is 6.42. The van der Waals surface area contributed by atoms with E-state index in [-0.39, 0.29) is 5.91 Å². The highest BCUT2D eigenvalue weighted by Crippen LogP contribution is 2.14.